The summed E-state index contributed by atoms with van der Waals surface area (Å²) in [4.78, 5) is 32.6. The minimum absolute atomic E-state index is 0.0685. The normalized spacial score (nSPS) is 18.3. The average Bonchev–Trinajstić information content (AvgIpc) is 3.06. The Morgan fingerprint density at radius 2 is 1.96 bits per heavy atom. The quantitative estimate of drug-likeness (QED) is 0.825. The molecule has 1 aliphatic rings. The van der Waals surface area contributed by atoms with Crippen molar-refractivity contribution in [2.45, 2.75) is 38.8 Å². The van der Waals surface area contributed by atoms with E-state index in [4.69, 9.17) is 4.52 Å². The van der Waals surface area contributed by atoms with E-state index in [-0.39, 0.29) is 30.8 Å². The number of carbonyl (C=O) groups excluding carboxylic acids is 2. The van der Waals surface area contributed by atoms with Gasteiger partial charge in [-0.1, -0.05) is 49.3 Å². The first-order valence-corrected chi connectivity index (χ1v) is 8.36. The van der Waals surface area contributed by atoms with Gasteiger partial charge in [0.25, 0.3) is 0 Å². The zero-order valence-electron chi connectivity index (χ0n) is 14.7. The molecule has 2 aromatic rings. The van der Waals surface area contributed by atoms with E-state index in [2.05, 4.69) is 10.1 Å². The predicted molar refractivity (Wildman–Crippen MR) is 90.5 cm³/mol. The Bertz CT molecular complexity index is 757. The first-order chi connectivity index (χ1) is 12.0. The fraction of sp³-hybridized carbons (Fsp3) is 0.444. The molecule has 0 saturated carbocycles. The molecule has 1 aliphatic heterocycles. The van der Waals surface area contributed by atoms with Crippen molar-refractivity contribution in [3.05, 3.63) is 47.6 Å². The second-order valence-electron chi connectivity index (χ2n) is 6.63. The van der Waals surface area contributed by atoms with Crippen LogP contribution in [0.15, 0.2) is 34.9 Å². The van der Waals surface area contributed by atoms with Gasteiger partial charge in [0.15, 0.2) is 5.82 Å². The van der Waals surface area contributed by atoms with E-state index in [0.29, 0.717) is 18.1 Å². The van der Waals surface area contributed by atoms with Gasteiger partial charge < -0.3 is 14.3 Å². The number of carbonyl (C=O) groups is 2. The molecule has 2 amide bonds. The van der Waals surface area contributed by atoms with E-state index >= 15 is 0 Å². The molecule has 7 nitrogen and oxygen atoms in total. The van der Waals surface area contributed by atoms with Gasteiger partial charge in [-0.05, 0) is 5.56 Å². The van der Waals surface area contributed by atoms with Crippen LogP contribution >= 0.6 is 0 Å². The molecular formula is C18H22N4O3. The van der Waals surface area contributed by atoms with Crippen molar-refractivity contribution in [1.29, 1.82) is 0 Å². The van der Waals surface area contributed by atoms with Crippen molar-refractivity contribution >= 4 is 11.8 Å². The first-order valence-electron chi connectivity index (χ1n) is 8.36. The van der Waals surface area contributed by atoms with Crippen molar-refractivity contribution in [3.63, 3.8) is 0 Å². The fourth-order valence-corrected chi connectivity index (χ4v) is 2.88. The number of piperazine rings is 1. The molecule has 1 aromatic heterocycles. The second kappa shape index (κ2) is 7.04. The summed E-state index contributed by atoms with van der Waals surface area (Å²) in [5.74, 6) is 0.885. The Labute approximate surface area is 146 Å². The number of nitrogens with zero attached hydrogens (tertiary/aromatic N) is 4. The molecule has 0 N–H and O–H groups in total. The Kier molecular flexibility index (Phi) is 4.83. The highest BCUT2D eigenvalue weighted by Gasteiger charge is 2.38. The van der Waals surface area contributed by atoms with Gasteiger partial charge in [-0.25, -0.2) is 0 Å². The summed E-state index contributed by atoms with van der Waals surface area (Å²) in [5.41, 5.74) is 1.00. The second-order valence-corrected chi connectivity index (χ2v) is 6.63. The molecular weight excluding hydrogens is 320 g/mol. The summed E-state index contributed by atoms with van der Waals surface area (Å²) in [6, 6.07) is 9.12. The van der Waals surface area contributed by atoms with Crippen LogP contribution < -0.4 is 0 Å². The van der Waals surface area contributed by atoms with Crippen LogP contribution in [0, 0.1) is 0 Å². The van der Waals surface area contributed by atoms with E-state index in [1.807, 2.05) is 44.2 Å². The maximum Gasteiger partial charge on any atom is 0.245 e. The zero-order valence-corrected chi connectivity index (χ0v) is 14.7. The third-order valence-corrected chi connectivity index (χ3v) is 4.29. The SMILES string of the molecule is CC(C)c1nc(CN2C(=O)CN(C)C(=O)[C@H]2Cc2ccccc2)no1. The lowest BCUT2D eigenvalue weighted by Crippen LogP contribution is -2.59. The number of amides is 2. The first kappa shape index (κ1) is 17.1. The van der Waals surface area contributed by atoms with Crippen molar-refractivity contribution in [1.82, 2.24) is 19.9 Å². The smallest absolute Gasteiger partial charge is 0.245 e. The number of benzene rings is 1. The third kappa shape index (κ3) is 3.70. The molecule has 3 rings (SSSR count). The molecule has 1 atom stereocenters. The molecule has 0 radical (unpaired) electrons. The highest BCUT2D eigenvalue weighted by molar-refractivity contribution is 5.94. The van der Waals surface area contributed by atoms with Crippen molar-refractivity contribution < 1.29 is 14.1 Å². The van der Waals surface area contributed by atoms with Crippen molar-refractivity contribution in [3.8, 4) is 0 Å². The van der Waals surface area contributed by atoms with Crippen LogP contribution in [-0.4, -0.2) is 51.4 Å². The summed E-state index contributed by atoms with van der Waals surface area (Å²) in [5, 5.41) is 3.95. The number of hydrogen-bond acceptors (Lipinski definition) is 5. The standard InChI is InChI=1S/C18H22N4O3/c1-12(2)17-19-15(20-25-17)10-22-14(9-13-7-5-4-6-8-13)18(24)21(3)11-16(22)23/h4-8,12,14H,9-11H2,1-3H3/t14-/m1/s1. The summed E-state index contributed by atoms with van der Waals surface area (Å²) in [6.45, 7) is 4.16. The van der Waals surface area contributed by atoms with Crippen LogP contribution in [0.5, 0.6) is 0 Å². The lowest BCUT2D eigenvalue weighted by atomic mass is 10.0. The van der Waals surface area contributed by atoms with Gasteiger partial charge in [0.2, 0.25) is 17.7 Å². The number of hydrogen-bond donors (Lipinski definition) is 0. The van der Waals surface area contributed by atoms with Gasteiger partial charge in [-0.15, -0.1) is 0 Å². The Balaban J connectivity index is 1.84. The van der Waals surface area contributed by atoms with Gasteiger partial charge in [-0.2, -0.15) is 4.98 Å². The minimum atomic E-state index is -0.561. The van der Waals surface area contributed by atoms with Gasteiger partial charge in [0, 0.05) is 19.4 Å². The number of aromatic nitrogens is 2. The molecule has 25 heavy (non-hydrogen) atoms. The monoisotopic (exact) mass is 342 g/mol. The topological polar surface area (TPSA) is 79.5 Å². The molecule has 1 saturated heterocycles. The van der Waals surface area contributed by atoms with Gasteiger partial charge >= 0.3 is 0 Å². The summed E-state index contributed by atoms with van der Waals surface area (Å²) in [6.07, 6.45) is 0.463. The van der Waals surface area contributed by atoms with E-state index in [9.17, 15) is 9.59 Å². The van der Waals surface area contributed by atoms with E-state index in [0.717, 1.165) is 5.56 Å². The average molecular weight is 342 g/mol. The molecule has 0 unspecified atom stereocenters. The van der Waals surface area contributed by atoms with Crippen LogP contribution in [0.1, 0.15) is 37.0 Å². The molecule has 1 fully saturated rings. The largest absolute Gasteiger partial charge is 0.339 e. The van der Waals surface area contributed by atoms with Crippen LogP contribution in [0.25, 0.3) is 0 Å². The lowest BCUT2D eigenvalue weighted by molar-refractivity contribution is -0.155. The van der Waals surface area contributed by atoms with Gasteiger partial charge in [0.1, 0.15) is 6.04 Å². The Morgan fingerprint density at radius 3 is 2.60 bits per heavy atom. The fourth-order valence-electron chi connectivity index (χ4n) is 2.88. The maximum absolute atomic E-state index is 12.7. The van der Waals surface area contributed by atoms with E-state index < -0.39 is 6.04 Å². The number of rotatable bonds is 5. The Morgan fingerprint density at radius 1 is 1.24 bits per heavy atom. The van der Waals surface area contributed by atoms with Crippen molar-refractivity contribution in [2.75, 3.05) is 13.6 Å². The highest BCUT2D eigenvalue weighted by Crippen LogP contribution is 2.19. The molecule has 7 heteroatoms. The lowest BCUT2D eigenvalue weighted by Gasteiger charge is -2.38. The van der Waals surface area contributed by atoms with Crippen LogP contribution in [0.4, 0.5) is 0 Å². The van der Waals surface area contributed by atoms with E-state index in [1.165, 1.54) is 4.90 Å². The van der Waals surface area contributed by atoms with Crippen LogP contribution in [0.2, 0.25) is 0 Å². The summed E-state index contributed by atoms with van der Waals surface area (Å²) >= 11 is 0. The Hall–Kier alpha value is -2.70. The van der Waals surface area contributed by atoms with Crippen LogP contribution in [-0.2, 0) is 22.6 Å². The molecule has 2 heterocycles. The number of likely N-dealkylation sites (N-methyl/N-ethyl adjacent to an activating group) is 1. The summed E-state index contributed by atoms with van der Waals surface area (Å²) in [7, 11) is 1.65. The zero-order chi connectivity index (χ0) is 18.0. The molecule has 0 spiro atoms. The van der Waals surface area contributed by atoms with Gasteiger partial charge in [-0.3, -0.25) is 9.59 Å². The predicted octanol–water partition coefficient (Wildman–Crippen LogP) is 1.60. The summed E-state index contributed by atoms with van der Waals surface area (Å²) < 4.78 is 5.21. The van der Waals surface area contributed by atoms with Crippen LogP contribution in [0.3, 0.4) is 0 Å². The molecule has 132 valence electrons. The van der Waals surface area contributed by atoms with Gasteiger partial charge in [0.05, 0.1) is 13.1 Å². The molecule has 0 bridgehead atoms. The maximum atomic E-state index is 12.7. The molecule has 0 aliphatic carbocycles. The molecule has 1 aromatic carbocycles. The van der Waals surface area contributed by atoms with Crippen molar-refractivity contribution in [2.24, 2.45) is 0 Å². The van der Waals surface area contributed by atoms with E-state index in [1.54, 1.807) is 11.9 Å². The third-order valence-electron chi connectivity index (χ3n) is 4.29. The minimum Gasteiger partial charge on any atom is -0.339 e. The highest BCUT2D eigenvalue weighted by atomic mass is 16.5.